The van der Waals surface area contributed by atoms with Crippen molar-refractivity contribution in [3.63, 3.8) is 0 Å². The van der Waals surface area contributed by atoms with Gasteiger partial charge in [-0.15, -0.1) is 0 Å². The summed E-state index contributed by atoms with van der Waals surface area (Å²) in [6.07, 6.45) is 1.66. The first-order valence-electron chi connectivity index (χ1n) is 11.1. The molecule has 4 nitrogen and oxygen atoms in total. The normalized spacial score (nSPS) is 11.6. The zero-order valence-electron chi connectivity index (χ0n) is 19.5. The van der Waals surface area contributed by atoms with Gasteiger partial charge >= 0.3 is 0 Å². The van der Waals surface area contributed by atoms with Crippen LogP contribution in [-0.4, -0.2) is 16.7 Å². The van der Waals surface area contributed by atoms with Gasteiger partial charge in [-0.3, -0.25) is 4.79 Å². The van der Waals surface area contributed by atoms with Crippen LogP contribution >= 0.6 is 0 Å². The Balaban J connectivity index is 1.45. The van der Waals surface area contributed by atoms with Crippen LogP contribution in [-0.2, 0) is 5.41 Å². The molecule has 1 N–H and O–H groups in total. The lowest BCUT2D eigenvalue weighted by atomic mass is 9.87. The molecule has 4 rings (SSSR count). The highest BCUT2D eigenvalue weighted by atomic mass is 16.2. The summed E-state index contributed by atoms with van der Waals surface area (Å²) in [5.74, 6) is -0.239. The lowest BCUT2D eigenvalue weighted by Gasteiger charge is -2.18. The zero-order chi connectivity index (χ0) is 23.4. The molecular formula is C29H29N3O. The second-order valence-corrected chi connectivity index (χ2v) is 9.18. The quantitative estimate of drug-likeness (QED) is 0.282. The van der Waals surface area contributed by atoms with Crippen LogP contribution in [0.2, 0.25) is 0 Å². The molecular weight excluding hydrogens is 406 g/mol. The highest BCUT2D eigenvalue weighted by molar-refractivity contribution is 5.95. The molecule has 0 fully saturated rings. The van der Waals surface area contributed by atoms with E-state index in [0.29, 0.717) is 5.56 Å². The molecule has 0 spiro atoms. The highest BCUT2D eigenvalue weighted by Crippen LogP contribution is 2.26. The van der Waals surface area contributed by atoms with Gasteiger partial charge in [-0.05, 0) is 65.4 Å². The van der Waals surface area contributed by atoms with Gasteiger partial charge in [-0.25, -0.2) is 5.43 Å². The maximum Gasteiger partial charge on any atom is 0.271 e. The van der Waals surface area contributed by atoms with Crippen molar-refractivity contribution in [1.29, 1.82) is 0 Å². The summed E-state index contributed by atoms with van der Waals surface area (Å²) in [6, 6.07) is 30.3. The van der Waals surface area contributed by atoms with Crippen molar-refractivity contribution in [2.24, 2.45) is 5.10 Å². The third-order valence-electron chi connectivity index (χ3n) is 5.69. The number of nitrogens with zero attached hydrogens (tertiary/aromatic N) is 2. The number of amides is 1. The lowest BCUT2D eigenvalue weighted by molar-refractivity contribution is 0.0955. The third-order valence-corrected chi connectivity index (χ3v) is 5.69. The van der Waals surface area contributed by atoms with Gasteiger partial charge in [0, 0.05) is 16.9 Å². The van der Waals surface area contributed by atoms with Crippen molar-refractivity contribution >= 4 is 12.1 Å². The van der Waals surface area contributed by atoms with Gasteiger partial charge in [-0.2, -0.15) is 5.10 Å². The number of hydrazone groups is 1. The van der Waals surface area contributed by atoms with Crippen LogP contribution in [0.1, 0.15) is 48.0 Å². The fourth-order valence-electron chi connectivity index (χ4n) is 3.78. The van der Waals surface area contributed by atoms with E-state index in [1.165, 1.54) is 5.56 Å². The summed E-state index contributed by atoms with van der Waals surface area (Å²) >= 11 is 0. The van der Waals surface area contributed by atoms with Gasteiger partial charge in [0.2, 0.25) is 0 Å². The topological polar surface area (TPSA) is 46.4 Å². The highest BCUT2D eigenvalue weighted by Gasteiger charge is 2.13. The van der Waals surface area contributed by atoms with Gasteiger partial charge in [0.05, 0.1) is 11.9 Å². The van der Waals surface area contributed by atoms with Crippen LogP contribution in [0.4, 0.5) is 0 Å². The Hall–Kier alpha value is -3.92. The Bertz CT molecular complexity index is 1260. The smallest absolute Gasteiger partial charge is 0.271 e. The maximum atomic E-state index is 12.5. The second kappa shape index (κ2) is 9.29. The number of aromatic nitrogens is 1. The number of rotatable bonds is 5. The van der Waals surface area contributed by atoms with E-state index in [2.05, 4.69) is 79.2 Å². The predicted molar refractivity (Wildman–Crippen MR) is 136 cm³/mol. The summed E-state index contributed by atoms with van der Waals surface area (Å²) < 4.78 is 2.19. The molecule has 0 saturated heterocycles. The Kier molecular flexibility index (Phi) is 6.27. The Labute approximate surface area is 195 Å². The number of benzene rings is 3. The van der Waals surface area contributed by atoms with Crippen LogP contribution in [0.25, 0.3) is 16.9 Å². The van der Waals surface area contributed by atoms with E-state index in [1.54, 1.807) is 6.21 Å². The predicted octanol–water partition coefficient (Wildman–Crippen LogP) is 6.51. The minimum Gasteiger partial charge on any atom is -0.314 e. The molecule has 4 aromatic rings. The van der Waals surface area contributed by atoms with Gasteiger partial charge in [0.25, 0.3) is 5.91 Å². The van der Waals surface area contributed by atoms with Crippen molar-refractivity contribution in [1.82, 2.24) is 9.99 Å². The first kappa shape index (κ1) is 22.3. The molecule has 3 aromatic carbocycles. The van der Waals surface area contributed by atoms with Crippen molar-refractivity contribution in [3.8, 4) is 16.9 Å². The summed E-state index contributed by atoms with van der Waals surface area (Å²) in [6.45, 7) is 8.63. The minimum absolute atomic E-state index is 0.108. The van der Waals surface area contributed by atoms with Crippen LogP contribution in [0.3, 0.4) is 0 Å². The van der Waals surface area contributed by atoms with Crippen LogP contribution in [0.5, 0.6) is 0 Å². The standard InChI is InChI=1S/C29H29N3O/c1-21-10-19-27(23-8-6-5-7-9-23)32(21)26-17-13-24(14-18-26)28(33)31-30-20-22-11-15-25(16-12-22)29(2,3)4/h5-20H,1-4H3,(H,31,33)/b30-20+. The maximum absolute atomic E-state index is 12.5. The van der Waals surface area contributed by atoms with Crippen LogP contribution < -0.4 is 5.43 Å². The van der Waals surface area contributed by atoms with Crippen molar-refractivity contribution in [2.75, 3.05) is 0 Å². The van der Waals surface area contributed by atoms with Crippen LogP contribution in [0.15, 0.2) is 96.1 Å². The van der Waals surface area contributed by atoms with E-state index in [1.807, 2.05) is 54.6 Å². The number of nitrogens with one attached hydrogen (secondary N) is 1. The SMILES string of the molecule is Cc1ccc(-c2ccccc2)n1-c1ccc(C(=O)N/N=C/c2ccc(C(C)(C)C)cc2)cc1. The molecule has 0 aliphatic rings. The Morgan fingerprint density at radius 2 is 1.52 bits per heavy atom. The van der Waals surface area contributed by atoms with Crippen LogP contribution in [0, 0.1) is 6.92 Å². The van der Waals surface area contributed by atoms with E-state index in [9.17, 15) is 4.79 Å². The van der Waals surface area contributed by atoms with E-state index in [4.69, 9.17) is 0 Å². The number of hydrogen-bond acceptors (Lipinski definition) is 2. The molecule has 33 heavy (non-hydrogen) atoms. The number of carbonyl (C=O) groups is 1. The van der Waals surface area contributed by atoms with E-state index in [0.717, 1.165) is 28.2 Å². The molecule has 1 aromatic heterocycles. The van der Waals surface area contributed by atoms with Crippen molar-refractivity contribution in [3.05, 3.63) is 113 Å². The molecule has 0 bridgehead atoms. The molecule has 0 aliphatic heterocycles. The van der Waals surface area contributed by atoms with Gasteiger partial charge < -0.3 is 4.57 Å². The number of aryl methyl sites for hydroxylation is 1. The minimum atomic E-state index is -0.239. The first-order chi connectivity index (χ1) is 15.8. The Morgan fingerprint density at radius 1 is 0.848 bits per heavy atom. The molecule has 166 valence electrons. The number of hydrogen-bond donors (Lipinski definition) is 1. The second-order valence-electron chi connectivity index (χ2n) is 9.18. The number of carbonyl (C=O) groups excluding carboxylic acids is 1. The lowest BCUT2D eigenvalue weighted by Crippen LogP contribution is -2.17. The first-order valence-corrected chi connectivity index (χ1v) is 11.1. The van der Waals surface area contributed by atoms with Crippen molar-refractivity contribution in [2.45, 2.75) is 33.1 Å². The molecule has 4 heteroatoms. The molecule has 1 amide bonds. The Morgan fingerprint density at radius 3 is 2.15 bits per heavy atom. The fraction of sp³-hybridized carbons (Fsp3) is 0.172. The van der Waals surface area contributed by atoms with E-state index < -0.39 is 0 Å². The monoisotopic (exact) mass is 435 g/mol. The third kappa shape index (κ3) is 5.12. The fourth-order valence-corrected chi connectivity index (χ4v) is 3.78. The summed E-state index contributed by atoms with van der Waals surface area (Å²) in [5, 5.41) is 4.12. The summed E-state index contributed by atoms with van der Waals surface area (Å²) in [5.41, 5.74) is 9.90. The summed E-state index contributed by atoms with van der Waals surface area (Å²) in [7, 11) is 0. The molecule has 1 heterocycles. The molecule has 0 atom stereocenters. The van der Waals surface area contributed by atoms with E-state index in [-0.39, 0.29) is 11.3 Å². The molecule has 0 radical (unpaired) electrons. The zero-order valence-corrected chi connectivity index (χ0v) is 19.5. The summed E-state index contributed by atoms with van der Waals surface area (Å²) in [4.78, 5) is 12.5. The average Bonchev–Trinajstić information content (AvgIpc) is 3.21. The van der Waals surface area contributed by atoms with E-state index >= 15 is 0 Å². The van der Waals surface area contributed by atoms with Gasteiger partial charge in [0.15, 0.2) is 0 Å². The molecule has 0 aliphatic carbocycles. The van der Waals surface area contributed by atoms with Crippen molar-refractivity contribution < 1.29 is 4.79 Å². The molecule has 0 unspecified atom stereocenters. The largest absolute Gasteiger partial charge is 0.314 e. The van der Waals surface area contributed by atoms with Gasteiger partial charge in [0.1, 0.15) is 0 Å². The molecule has 0 saturated carbocycles. The van der Waals surface area contributed by atoms with Gasteiger partial charge in [-0.1, -0.05) is 75.4 Å². The average molecular weight is 436 g/mol.